The van der Waals surface area contributed by atoms with Gasteiger partial charge in [-0.05, 0) is 44.9 Å². The van der Waals surface area contributed by atoms with Gasteiger partial charge in [-0.3, -0.25) is 4.79 Å². The van der Waals surface area contributed by atoms with Crippen molar-refractivity contribution in [3.05, 3.63) is 24.3 Å². The first kappa shape index (κ1) is 53.7. The Morgan fingerprint density at radius 1 is 0.579 bits per heavy atom. The fraction of sp³-hybridized carbons (Fsp3) is 0.896. The Balaban J connectivity index is 2.34. The monoisotopic (exact) mass is 810 g/mol. The summed E-state index contributed by atoms with van der Waals surface area (Å²) < 4.78 is 11.2. The maximum atomic E-state index is 13.0. The SMILES string of the molecule is CCCCCCCC/C=C/CCCCCCCCCC(=O)N[C@@H](CO[C@H]1O[C@@H](CO)[C@H](O)C(O)C1O)[C@H](O)/C=C/CCCCCCCCCCCCCCCCC. The predicted molar refractivity (Wildman–Crippen MR) is 235 cm³/mol. The van der Waals surface area contributed by atoms with Crippen LogP contribution in [0, 0.1) is 0 Å². The summed E-state index contributed by atoms with van der Waals surface area (Å²) in [4.78, 5) is 13.0. The summed E-state index contributed by atoms with van der Waals surface area (Å²) in [6.45, 7) is 3.78. The maximum Gasteiger partial charge on any atom is 0.220 e. The Morgan fingerprint density at radius 3 is 1.42 bits per heavy atom. The van der Waals surface area contributed by atoms with E-state index in [-0.39, 0.29) is 12.5 Å². The molecular weight excluding hydrogens is 719 g/mol. The fourth-order valence-electron chi connectivity index (χ4n) is 7.62. The molecule has 0 radical (unpaired) electrons. The molecule has 1 saturated heterocycles. The standard InChI is InChI=1S/C48H91NO8/c1-3-5-7-9-11-13-15-17-19-21-23-25-27-29-31-33-35-37-42(51)41(40-56-48-47(55)46(54)45(53)43(39-50)57-48)49-44(52)38-36-34-32-30-28-26-24-22-20-18-16-14-12-10-8-6-4-2/h18,20,35,37,41-43,45-48,50-51,53-55H,3-17,19,21-34,36,38-40H2,1-2H3,(H,49,52)/b20-18+,37-35+/t41-,42+,43-,45-,46?,47?,48-/m0/s1. The van der Waals surface area contributed by atoms with Crippen LogP contribution in [0.4, 0.5) is 0 Å². The van der Waals surface area contributed by atoms with E-state index in [4.69, 9.17) is 9.47 Å². The minimum Gasteiger partial charge on any atom is -0.394 e. The Hall–Kier alpha value is -1.33. The Kier molecular flexibility index (Phi) is 36.6. The van der Waals surface area contributed by atoms with Crippen molar-refractivity contribution in [2.45, 2.75) is 262 Å². The largest absolute Gasteiger partial charge is 0.394 e. The fourth-order valence-corrected chi connectivity index (χ4v) is 7.62. The van der Waals surface area contributed by atoms with Crippen molar-refractivity contribution in [2.75, 3.05) is 13.2 Å². The molecule has 1 aliphatic heterocycles. The molecule has 9 heteroatoms. The van der Waals surface area contributed by atoms with Gasteiger partial charge in [0.25, 0.3) is 0 Å². The normalized spacial score (nSPS) is 21.1. The zero-order valence-corrected chi connectivity index (χ0v) is 36.9. The van der Waals surface area contributed by atoms with Crippen LogP contribution in [0.25, 0.3) is 0 Å². The molecule has 1 fully saturated rings. The molecule has 0 saturated carbocycles. The molecule has 1 heterocycles. The lowest BCUT2D eigenvalue weighted by atomic mass is 9.99. The number of allylic oxidation sites excluding steroid dienone is 3. The van der Waals surface area contributed by atoms with E-state index >= 15 is 0 Å². The van der Waals surface area contributed by atoms with E-state index in [9.17, 15) is 30.3 Å². The second-order valence-corrected chi connectivity index (χ2v) is 16.9. The summed E-state index contributed by atoms with van der Waals surface area (Å²) in [6, 6.07) is -0.804. The van der Waals surface area contributed by atoms with Crippen molar-refractivity contribution >= 4 is 5.91 Å². The molecule has 0 spiro atoms. The van der Waals surface area contributed by atoms with Crippen LogP contribution in [-0.2, 0) is 14.3 Å². The molecule has 1 rings (SSSR count). The van der Waals surface area contributed by atoms with E-state index in [1.807, 2.05) is 6.08 Å². The van der Waals surface area contributed by atoms with Crippen LogP contribution in [0.2, 0.25) is 0 Å². The van der Waals surface area contributed by atoms with E-state index in [1.54, 1.807) is 6.08 Å². The molecule has 57 heavy (non-hydrogen) atoms. The molecule has 9 nitrogen and oxygen atoms in total. The highest BCUT2D eigenvalue weighted by Gasteiger charge is 2.44. The van der Waals surface area contributed by atoms with E-state index < -0.39 is 49.5 Å². The summed E-state index contributed by atoms with van der Waals surface area (Å²) in [6.07, 6.45) is 39.3. The van der Waals surface area contributed by atoms with Crippen molar-refractivity contribution in [3.8, 4) is 0 Å². The molecule has 1 amide bonds. The second-order valence-electron chi connectivity index (χ2n) is 16.9. The van der Waals surface area contributed by atoms with Gasteiger partial charge in [0, 0.05) is 6.42 Å². The summed E-state index contributed by atoms with van der Waals surface area (Å²) in [7, 11) is 0. The van der Waals surface area contributed by atoms with Crippen LogP contribution >= 0.6 is 0 Å². The summed E-state index contributed by atoms with van der Waals surface area (Å²) in [5, 5.41) is 54.2. The van der Waals surface area contributed by atoms with Crippen molar-refractivity contribution < 1.29 is 39.8 Å². The van der Waals surface area contributed by atoms with Gasteiger partial charge < -0.3 is 40.3 Å². The lowest BCUT2D eigenvalue weighted by Gasteiger charge is -2.40. The van der Waals surface area contributed by atoms with Crippen LogP contribution in [0.3, 0.4) is 0 Å². The summed E-state index contributed by atoms with van der Waals surface area (Å²) in [5.74, 6) is -0.181. The zero-order chi connectivity index (χ0) is 41.6. The van der Waals surface area contributed by atoms with Crippen LogP contribution in [0.1, 0.15) is 219 Å². The van der Waals surface area contributed by atoms with Crippen molar-refractivity contribution in [2.24, 2.45) is 0 Å². The van der Waals surface area contributed by atoms with Crippen LogP contribution < -0.4 is 5.32 Å². The van der Waals surface area contributed by atoms with Crippen molar-refractivity contribution in [1.29, 1.82) is 0 Å². The van der Waals surface area contributed by atoms with Crippen LogP contribution in [0.5, 0.6) is 0 Å². The van der Waals surface area contributed by atoms with Gasteiger partial charge >= 0.3 is 0 Å². The predicted octanol–water partition coefficient (Wildman–Crippen LogP) is 10.3. The topological polar surface area (TPSA) is 149 Å². The van der Waals surface area contributed by atoms with Gasteiger partial charge in [0.2, 0.25) is 5.91 Å². The number of carbonyl (C=O) groups is 1. The van der Waals surface area contributed by atoms with Gasteiger partial charge in [-0.15, -0.1) is 0 Å². The van der Waals surface area contributed by atoms with E-state index in [2.05, 4.69) is 31.3 Å². The molecule has 336 valence electrons. The highest BCUT2D eigenvalue weighted by Crippen LogP contribution is 2.23. The maximum absolute atomic E-state index is 13.0. The average molecular weight is 810 g/mol. The van der Waals surface area contributed by atoms with Crippen LogP contribution in [-0.4, -0.2) is 87.5 Å². The lowest BCUT2D eigenvalue weighted by Crippen LogP contribution is -2.60. The van der Waals surface area contributed by atoms with E-state index in [0.29, 0.717) is 6.42 Å². The van der Waals surface area contributed by atoms with E-state index in [0.717, 1.165) is 44.9 Å². The molecule has 6 N–H and O–H groups in total. The molecule has 7 atom stereocenters. The minimum absolute atomic E-state index is 0.181. The number of nitrogens with one attached hydrogen (secondary N) is 1. The first-order valence-electron chi connectivity index (χ1n) is 24.1. The molecule has 0 aromatic carbocycles. The number of aliphatic hydroxyl groups excluding tert-OH is 5. The number of aliphatic hydroxyl groups is 5. The van der Waals surface area contributed by atoms with Gasteiger partial charge in [0.05, 0.1) is 25.4 Å². The second kappa shape index (κ2) is 38.8. The zero-order valence-electron chi connectivity index (χ0n) is 36.9. The molecule has 0 aromatic rings. The van der Waals surface area contributed by atoms with Gasteiger partial charge in [0.15, 0.2) is 6.29 Å². The molecule has 2 unspecified atom stereocenters. The molecular formula is C48H91NO8. The van der Waals surface area contributed by atoms with Gasteiger partial charge in [0.1, 0.15) is 24.4 Å². The summed E-state index contributed by atoms with van der Waals surface area (Å²) in [5.41, 5.74) is 0. The molecule has 0 aliphatic carbocycles. The van der Waals surface area contributed by atoms with Gasteiger partial charge in [-0.2, -0.15) is 0 Å². The number of unbranched alkanes of at least 4 members (excludes halogenated alkanes) is 28. The third-order valence-corrected chi connectivity index (χ3v) is 11.5. The van der Waals surface area contributed by atoms with Gasteiger partial charge in [-0.25, -0.2) is 0 Å². The molecule has 0 bridgehead atoms. The average Bonchev–Trinajstić information content (AvgIpc) is 3.21. The third-order valence-electron chi connectivity index (χ3n) is 11.5. The number of ether oxygens (including phenoxy) is 2. The Bertz CT molecular complexity index is 945. The number of hydrogen-bond donors (Lipinski definition) is 6. The quantitative estimate of drug-likeness (QED) is 0.0265. The Labute approximate surface area is 349 Å². The smallest absolute Gasteiger partial charge is 0.220 e. The first-order chi connectivity index (χ1) is 27.8. The minimum atomic E-state index is -1.56. The number of hydrogen-bond acceptors (Lipinski definition) is 8. The first-order valence-corrected chi connectivity index (χ1v) is 24.1. The summed E-state index contributed by atoms with van der Waals surface area (Å²) >= 11 is 0. The Morgan fingerprint density at radius 2 is 0.982 bits per heavy atom. The van der Waals surface area contributed by atoms with E-state index in [1.165, 1.54) is 154 Å². The third kappa shape index (κ3) is 29.5. The number of carbonyl (C=O) groups excluding carboxylic acids is 1. The van der Waals surface area contributed by atoms with Crippen LogP contribution in [0.15, 0.2) is 24.3 Å². The molecule has 1 aliphatic rings. The molecule has 0 aromatic heterocycles. The number of amides is 1. The van der Waals surface area contributed by atoms with Crippen molar-refractivity contribution in [1.82, 2.24) is 5.32 Å². The highest BCUT2D eigenvalue weighted by molar-refractivity contribution is 5.76. The lowest BCUT2D eigenvalue weighted by molar-refractivity contribution is -0.302. The highest BCUT2D eigenvalue weighted by atomic mass is 16.7. The van der Waals surface area contributed by atoms with Gasteiger partial charge in [-0.1, -0.05) is 192 Å². The number of rotatable bonds is 40. The van der Waals surface area contributed by atoms with Crippen molar-refractivity contribution in [3.63, 3.8) is 0 Å².